The van der Waals surface area contributed by atoms with Gasteiger partial charge in [-0.1, -0.05) is 24.3 Å². The fourth-order valence-corrected chi connectivity index (χ4v) is 4.06. The molecule has 0 aromatic heterocycles. The zero-order valence-corrected chi connectivity index (χ0v) is 15.1. The van der Waals surface area contributed by atoms with Gasteiger partial charge in [0.25, 0.3) is 5.69 Å². The number of nitro groups is 1. The Balaban J connectivity index is 1.64. The normalized spacial score (nSPS) is 15.2. The number of nitrogens with zero attached hydrogens (tertiary/aromatic N) is 2. The molecular weight excluding hydrogens is 354 g/mol. The molecule has 1 aliphatic rings. The predicted molar refractivity (Wildman–Crippen MR) is 98.1 cm³/mol. The second kappa shape index (κ2) is 7.94. The third-order valence-electron chi connectivity index (χ3n) is 4.42. The van der Waals surface area contributed by atoms with E-state index in [4.69, 9.17) is 0 Å². The molecule has 0 spiro atoms. The molecule has 1 heterocycles. The summed E-state index contributed by atoms with van der Waals surface area (Å²) in [5.41, 5.74) is 1.91. The molecule has 1 fully saturated rings. The number of nitrogens with one attached hydrogen (secondary N) is 1. The fourth-order valence-electron chi connectivity index (χ4n) is 3.05. The Morgan fingerprint density at radius 2 is 1.69 bits per heavy atom. The molecule has 1 saturated heterocycles. The van der Waals surface area contributed by atoms with Crippen molar-refractivity contribution < 1.29 is 13.3 Å². The van der Waals surface area contributed by atoms with Crippen LogP contribution in [0.1, 0.15) is 24.0 Å². The Bertz CT molecular complexity index is 876. The summed E-state index contributed by atoms with van der Waals surface area (Å²) in [6, 6.07) is 12.7. The summed E-state index contributed by atoms with van der Waals surface area (Å²) >= 11 is 0. The summed E-state index contributed by atoms with van der Waals surface area (Å²) in [7, 11) is -3.72. The molecule has 2 aromatic carbocycles. The molecule has 1 N–H and O–H groups in total. The Morgan fingerprint density at radius 1 is 1.04 bits per heavy atom. The van der Waals surface area contributed by atoms with Crippen LogP contribution in [0.15, 0.2) is 53.4 Å². The molecule has 7 nitrogen and oxygen atoms in total. The van der Waals surface area contributed by atoms with E-state index in [0.717, 1.165) is 25.2 Å². The third-order valence-corrected chi connectivity index (χ3v) is 5.84. The van der Waals surface area contributed by atoms with Gasteiger partial charge in [0.2, 0.25) is 10.0 Å². The number of rotatable bonds is 7. The minimum Gasteiger partial charge on any atom is -0.299 e. The van der Waals surface area contributed by atoms with Crippen LogP contribution < -0.4 is 4.72 Å². The molecule has 1 aliphatic heterocycles. The van der Waals surface area contributed by atoms with Gasteiger partial charge in [-0.2, -0.15) is 0 Å². The summed E-state index contributed by atoms with van der Waals surface area (Å²) < 4.78 is 27.3. The van der Waals surface area contributed by atoms with Crippen LogP contribution in [0, 0.1) is 10.1 Å². The average molecular weight is 375 g/mol. The van der Waals surface area contributed by atoms with Crippen LogP contribution in [0.25, 0.3) is 0 Å². The van der Waals surface area contributed by atoms with E-state index in [-0.39, 0.29) is 17.1 Å². The Morgan fingerprint density at radius 3 is 2.35 bits per heavy atom. The van der Waals surface area contributed by atoms with E-state index >= 15 is 0 Å². The zero-order chi connectivity index (χ0) is 18.6. The first-order valence-electron chi connectivity index (χ1n) is 8.48. The number of sulfonamides is 1. The smallest absolute Gasteiger partial charge is 0.269 e. The number of non-ortho nitro benzene ring substituents is 1. The van der Waals surface area contributed by atoms with Crippen molar-refractivity contribution in [2.24, 2.45) is 0 Å². The molecule has 3 rings (SSSR count). The van der Waals surface area contributed by atoms with Crippen molar-refractivity contribution in [3.63, 3.8) is 0 Å². The van der Waals surface area contributed by atoms with Gasteiger partial charge in [0.1, 0.15) is 0 Å². The van der Waals surface area contributed by atoms with E-state index in [9.17, 15) is 18.5 Å². The number of hydrogen-bond donors (Lipinski definition) is 1. The van der Waals surface area contributed by atoms with Gasteiger partial charge in [-0.25, -0.2) is 13.1 Å². The molecule has 26 heavy (non-hydrogen) atoms. The molecular formula is C18H21N3O4S. The van der Waals surface area contributed by atoms with Crippen LogP contribution in [0.2, 0.25) is 0 Å². The van der Waals surface area contributed by atoms with Crippen molar-refractivity contribution in [3.05, 3.63) is 69.8 Å². The Hall–Kier alpha value is -2.29. The van der Waals surface area contributed by atoms with Crippen LogP contribution in [-0.4, -0.2) is 31.3 Å². The maximum Gasteiger partial charge on any atom is 0.269 e. The summed E-state index contributed by atoms with van der Waals surface area (Å²) in [5, 5.41) is 10.7. The van der Waals surface area contributed by atoms with Crippen molar-refractivity contribution in [3.8, 4) is 0 Å². The van der Waals surface area contributed by atoms with Gasteiger partial charge in [0, 0.05) is 25.2 Å². The summed E-state index contributed by atoms with van der Waals surface area (Å²) in [4.78, 5) is 12.5. The lowest BCUT2D eigenvalue weighted by Crippen LogP contribution is -2.23. The topological polar surface area (TPSA) is 92.5 Å². The maximum absolute atomic E-state index is 12.4. The minimum absolute atomic E-state index is 0.0105. The molecule has 0 saturated carbocycles. The van der Waals surface area contributed by atoms with Crippen molar-refractivity contribution in [2.75, 3.05) is 13.1 Å². The molecule has 138 valence electrons. The van der Waals surface area contributed by atoms with Gasteiger partial charge in [0.05, 0.1) is 9.82 Å². The van der Waals surface area contributed by atoms with Crippen LogP contribution in [0.3, 0.4) is 0 Å². The SMILES string of the molecule is O=[N+]([O-])c1ccc(S(=O)(=O)NCc2cccc(CN3CCCC3)c2)cc1. The number of nitro benzene ring substituents is 1. The lowest BCUT2D eigenvalue weighted by Gasteiger charge is -2.15. The second-order valence-corrected chi connectivity index (χ2v) is 8.15. The quantitative estimate of drug-likeness (QED) is 0.593. The molecule has 0 unspecified atom stereocenters. The lowest BCUT2D eigenvalue weighted by atomic mass is 10.1. The van der Waals surface area contributed by atoms with Crippen molar-refractivity contribution in [1.29, 1.82) is 0 Å². The average Bonchev–Trinajstić information content (AvgIpc) is 3.13. The molecule has 0 radical (unpaired) electrons. The highest BCUT2D eigenvalue weighted by Crippen LogP contribution is 2.17. The molecule has 0 aliphatic carbocycles. The molecule has 0 atom stereocenters. The van der Waals surface area contributed by atoms with Crippen LogP contribution >= 0.6 is 0 Å². The molecule has 0 amide bonds. The standard InChI is InChI=1S/C18H21N3O4S/c22-21(23)17-6-8-18(9-7-17)26(24,25)19-13-15-4-3-5-16(12-15)14-20-10-1-2-11-20/h3-9,12,19H,1-2,10-11,13-14H2. The van der Waals surface area contributed by atoms with Gasteiger partial charge in [0.15, 0.2) is 0 Å². The highest BCUT2D eigenvalue weighted by atomic mass is 32.2. The van der Waals surface area contributed by atoms with Gasteiger partial charge in [-0.3, -0.25) is 15.0 Å². The van der Waals surface area contributed by atoms with E-state index in [2.05, 4.69) is 9.62 Å². The molecule has 2 aromatic rings. The van der Waals surface area contributed by atoms with Crippen molar-refractivity contribution in [2.45, 2.75) is 30.8 Å². The summed E-state index contributed by atoms with van der Waals surface area (Å²) in [6.07, 6.45) is 2.46. The van der Waals surface area contributed by atoms with Gasteiger partial charge < -0.3 is 0 Å². The lowest BCUT2D eigenvalue weighted by molar-refractivity contribution is -0.384. The first kappa shape index (κ1) is 18.5. The van der Waals surface area contributed by atoms with Crippen LogP contribution in [0.5, 0.6) is 0 Å². The van der Waals surface area contributed by atoms with Crippen molar-refractivity contribution >= 4 is 15.7 Å². The largest absolute Gasteiger partial charge is 0.299 e. The fraction of sp³-hybridized carbons (Fsp3) is 0.333. The second-order valence-electron chi connectivity index (χ2n) is 6.38. The van der Waals surface area contributed by atoms with E-state index in [1.54, 1.807) is 0 Å². The van der Waals surface area contributed by atoms with E-state index in [1.165, 1.54) is 42.7 Å². The summed E-state index contributed by atoms with van der Waals surface area (Å²) in [5.74, 6) is 0. The van der Waals surface area contributed by atoms with Gasteiger partial charge >= 0.3 is 0 Å². The van der Waals surface area contributed by atoms with Crippen LogP contribution in [0.4, 0.5) is 5.69 Å². The van der Waals surface area contributed by atoms with Crippen LogP contribution in [-0.2, 0) is 23.1 Å². The first-order chi connectivity index (χ1) is 12.4. The minimum atomic E-state index is -3.72. The van der Waals surface area contributed by atoms with E-state index in [1.807, 2.05) is 24.3 Å². The number of benzene rings is 2. The number of hydrogen-bond acceptors (Lipinski definition) is 5. The molecule has 0 bridgehead atoms. The first-order valence-corrected chi connectivity index (χ1v) is 9.97. The maximum atomic E-state index is 12.4. The van der Waals surface area contributed by atoms with Gasteiger partial charge in [-0.15, -0.1) is 0 Å². The Kier molecular flexibility index (Phi) is 5.65. The predicted octanol–water partition coefficient (Wildman–Crippen LogP) is 2.67. The summed E-state index contributed by atoms with van der Waals surface area (Å²) in [6.45, 7) is 3.27. The third kappa shape index (κ3) is 4.66. The highest BCUT2D eigenvalue weighted by molar-refractivity contribution is 7.89. The number of likely N-dealkylation sites (tertiary alicyclic amines) is 1. The monoisotopic (exact) mass is 375 g/mol. The van der Waals surface area contributed by atoms with E-state index in [0.29, 0.717) is 0 Å². The molecule has 8 heteroatoms. The Labute approximate surface area is 152 Å². The zero-order valence-electron chi connectivity index (χ0n) is 14.3. The van der Waals surface area contributed by atoms with Gasteiger partial charge in [-0.05, 0) is 49.2 Å². The highest BCUT2D eigenvalue weighted by Gasteiger charge is 2.16. The van der Waals surface area contributed by atoms with Crippen molar-refractivity contribution in [1.82, 2.24) is 9.62 Å². The van der Waals surface area contributed by atoms with E-state index < -0.39 is 14.9 Å².